The fraction of sp³-hybridized carbons (Fsp3) is 0.545. The van der Waals surface area contributed by atoms with E-state index in [1.165, 1.54) is 0 Å². The minimum absolute atomic E-state index is 0.0220. The molecule has 94 valence electrons. The average Bonchev–Trinajstić information content (AvgIpc) is 2.34. The standard InChI is InChI=1S/C11H15NO5/c1-2-10(13)16-7-8-17-11(14)5-3-4-6-15-9-12/h2H,1,3-8H2. The fourth-order valence-corrected chi connectivity index (χ4v) is 0.918. The lowest BCUT2D eigenvalue weighted by molar-refractivity contribution is -0.149. The molecule has 0 spiro atoms. The van der Waals surface area contributed by atoms with Gasteiger partial charge in [-0.15, -0.1) is 0 Å². The third kappa shape index (κ3) is 10.3. The van der Waals surface area contributed by atoms with Crippen LogP contribution in [0.4, 0.5) is 0 Å². The number of esters is 2. The van der Waals surface area contributed by atoms with Crippen LogP contribution < -0.4 is 0 Å². The van der Waals surface area contributed by atoms with Gasteiger partial charge in [0.05, 0.1) is 0 Å². The molecule has 0 unspecified atom stereocenters. The second-order valence-electron chi connectivity index (χ2n) is 2.99. The monoisotopic (exact) mass is 241 g/mol. The van der Waals surface area contributed by atoms with Gasteiger partial charge in [-0.1, -0.05) is 6.58 Å². The summed E-state index contributed by atoms with van der Waals surface area (Å²) in [5.74, 6) is -0.911. The molecule has 0 aliphatic rings. The molecule has 6 heteroatoms. The van der Waals surface area contributed by atoms with Crippen molar-refractivity contribution < 1.29 is 23.8 Å². The van der Waals surface area contributed by atoms with E-state index in [0.717, 1.165) is 6.08 Å². The number of rotatable bonds is 9. The number of carbonyl (C=O) groups is 2. The third-order valence-electron chi connectivity index (χ3n) is 1.70. The molecular weight excluding hydrogens is 226 g/mol. The smallest absolute Gasteiger partial charge is 0.330 e. The van der Waals surface area contributed by atoms with Gasteiger partial charge in [-0.25, -0.2) is 4.79 Å². The van der Waals surface area contributed by atoms with Crippen molar-refractivity contribution in [3.63, 3.8) is 0 Å². The second-order valence-corrected chi connectivity index (χ2v) is 2.99. The maximum absolute atomic E-state index is 11.1. The Kier molecular flexibility index (Phi) is 9.23. The Bertz CT molecular complexity index is 295. The van der Waals surface area contributed by atoms with E-state index < -0.39 is 5.97 Å². The first-order valence-corrected chi connectivity index (χ1v) is 5.16. The molecule has 0 atom stereocenters. The summed E-state index contributed by atoms with van der Waals surface area (Å²) < 4.78 is 13.8. The van der Waals surface area contributed by atoms with E-state index >= 15 is 0 Å². The van der Waals surface area contributed by atoms with Crippen LogP contribution in [0.1, 0.15) is 19.3 Å². The van der Waals surface area contributed by atoms with Gasteiger partial charge in [0.25, 0.3) is 6.26 Å². The van der Waals surface area contributed by atoms with Gasteiger partial charge >= 0.3 is 11.9 Å². The Morgan fingerprint density at radius 1 is 1.18 bits per heavy atom. The molecule has 0 aromatic carbocycles. The van der Waals surface area contributed by atoms with Crippen LogP contribution in [0, 0.1) is 11.5 Å². The fourth-order valence-electron chi connectivity index (χ4n) is 0.918. The van der Waals surface area contributed by atoms with E-state index in [0.29, 0.717) is 19.4 Å². The van der Waals surface area contributed by atoms with Crippen molar-refractivity contribution in [3.8, 4) is 6.26 Å². The van der Waals surface area contributed by atoms with Gasteiger partial charge in [0.1, 0.15) is 19.8 Å². The number of nitriles is 1. The SMILES string of the molecule is C=CC(=O)OCCOC(=O)CCCCOC#N. The van der Waals surface area contributed by atoms with Gasteiger partial charge in [0.2, 0.25) is 0 Å². The lowest BCUT2D eigenvalue weighted by atomic mass is 10.2. The lowest BCUT2D eigenvalue weighted by Gasteiger charge is -2.04. The van der Waals surface area contributed by atoms with E-state index in [1.54, 1.807) is 6.26 Å². The Hall–Kier alpha value is -2.03. The molecular formula is C11H15NO5. The van der Waals surface area contributed by atoms with Gasteiger partial charge in [0, 0.05) is 12.5 Å². The van der Waals surface area contributed by atoms with E-state index in [2.05, 4.69) is 16.1 Å². The highest BCUT2D eigenvalue weighted by Crippen LogP contribution is 1.98. The predicted octanol–water partition coefficient (Wildman–Crippen LogP) is 0.927. The Morgan fingerprint density at radius 3 is 2.53 bits per heavy atom. The van der Waals surface area contributed by atoms with Crippen LogP contribution in [-0.2, 0) is 23.8 Å². The Labute approximate surface area is 99.8 Å². The zero-order chi connectivity index (χ0) is 12.9. The highest BCUT2D eigenvalue weighted by atomic mass is 16.6. The van der Waals surface area contributed by atoms with Crippen LogP contribution in [0.2, 0.25) is 0 Å². The maximum Gasteiger partial charge on any atom is 0.330 e. The average molecular weight is 241 g/mol. The number of hydrogen-bond donors (Lipinski definition) is 0. The molecule has 0 aromatic heterocycles. The van der Waals surface area contributed by atoms with E-state index in [-0.39, 0.29) is 25.6 Å². The summed E-state index contributed by atoms with van der Waals surface area (Å²) in [6.07, 6.45) is 4.04. The normalized spacial score (nSPS) is 8.88. The van der Waals surface area contributed by atoms with Crippen LogP contribution >= 0.6 is 0 Å². The van der Waals surface area contributed by atoms with Gasteiger partial charge in [-0.2, -0.15) is 5.26 Å². The van der Waals surface area contributed by atoms with Crippen molar-refractivity contribution in [1.29, 1.82) is 5.26 Å². The van der Waals surface area contributed by atoms with Crippen molar-refractivity contribution in [1.82, 2.24) is 0 Å². The Balaban J connectivity index is 3.32. The molecule has 0 aliphatic carbocycles. The minimum atomic E-state index is -0.547. The van der Waals surface area contributed by atoms with Crippen molar-refractivity contribution >= 4 is 11.9 Å². The molecule has 6 nitrogen and oxygen atoms in total. The molecule has 0 saturated carbocycles. The van der Waals surface area contributed by atoms with Crippen molar-refractivity contribution in [2.75, 3.05) is 19.8 Å². The molecule has 0 N–H and O–H groups in total. The summed E-state index contributed by atoms with van der Waals surface area (Å²) in [7, 11) is 0. The Morgan fingerprint density at radius 2 is 1.88 bits per heavy atom. The molecule has 0 heterocycles. The summed E-state index contributed by atoms with van der Waals surface area (Å²) >= 11 is 0. The molecule has 0 bridgehead atoms. The lowest BCUT2D eigenvalue weighted by Crippen LogP contribution is -2.12. The maximum atomic E-state index is 11.1. The summed E-state index contributed by atoms with van der Waals surface area (Å²) in [6.45, 7) is 3.59. The summed E-state index contributed by atoms with van der Waals surface area (Å²) in [5.41, 5.74) is 0. The molecule has 0 radical (unpaired) electrons. The van der Waals surface area contributed by atoms with Gasteiger partial charge in [0.15, 0.2) is 0 Å². The van der Waals surface area contributed by atoms with Crippen molar-refractivity contribution in [2.24, 2.45) is 0 Å². The number of hydrogen-bond acceptors (Lipinski definition) is 6. The molecule has 0 amide bonds. The summed E-state index contributed by atoms with van der Waals surface area (Å²) in [6, 6.07) is 0. The van der Waals surface area contributed by atoms with Crippen molar-refractivity contribution in [2.45, 2.75) is 19.3 Å². The summed E-state index contributed by atoms with van der Waals surface area (Å²) in [4.78, 5) is 21.7. The number of unbranched alkanes of at least 4 members (excludes halogenated alkanes) is 1. The predicted molar refractivity (Wildman–Crippen MR) is 57.5 cm³/mol. The largest absolute Gasteiger partial charge is 0.462 e. The van der Waals surface area contributed by atoms with Gasteiger partial charge in [-0.3, -0.25) is 4.79 Å². The van der Waals surface area contributed by atoms with Crippen LogP contribution in [-0.4, -0.2) is 31.8 Å². The van der Waals surface area contributed by atoms with Gasteiger partial charge < -0.3 is 14.2 Å². The topological polar surface area (TPSA) is 85.6 Å². The molecule has 0 fully saturated rings. The first kappa shape index (κ1) is 15.0. The number of carbonyl (C=O) groups excluding carboxylic acids is 2. The van der Waals surface area contributed by atoms with Gasteiger partial charge in [-0.05, 0) is 12.8 Å². The molecule has 17 heavy (non-hydrogen) atoms. The molecule has 0 aliphatic heterocycles. The number of ether oxygens (including phenoxy) is 3. The van der Waals surface area contributed by atoms with Crippen LogP contribution in [0.3, 0.4) is 0 Å². The highest BCUT2D eigenvalue weighted by molar-refractivity contribution is 5.81. The first-order valence-electron chi connectivity index (χ1n) is 5.16. The van der Waals surface area contributed by atoms with Crippen LogP contribution in [0.15, 0.2) is 12.7 Å². The zero-order valence-corrected chi connectivity index (χ0v) is 9.52. The van der Waals surface area contributed by atoms with E-state index in [1.807, 2.05) is 0 Å². The van der Waals surface area contributed by atoms with Crippen LogP contribution in [0.5, 0.6) is 0 Å². The number of nitrogens with zero attached hydrogens (tertiary/aromatic N) is 1. The van der Waals surface area contributed by atoms with E-state index in [4.69, 9.17) is 10.00 Å². The zero-order valence-electron chi connectivity index (χ0n) is 9.52. The molecule has 0 rings (SSSR count). The third-order valence-corrected chi connectivity index (χ3v) is 1.70. The van der Waals surface area contributed by atoms with E-state index in [9.17, 15) is 9.59 Å². The minimum Gasteiger partial charge on any atom is -0.462 e. The second kappa shape index (κ2) is 10.5. The summed E-state index contributed by atoms with van der Waals surface area (Å²) in [5, 5.41) is 8.07. The quantitative estimate of drug-likeness (QED) is 0.258. The first-order chi connectivity index (χ1) is 8.20. The molecule has 0 saturated heterocycles. The molecule has 0 aromatic rings. The highest BCUT2D eigenvalue weighted by Gasteiger charge is 2.03. The van der Waals surface area contributed by atoms with Crippen molar-refractivity contribution in [3.05, 3.63) is 12.7 Å². The van der Waals surface area contributed by atoms with Crippen LogP contribution in [0.25, 0.3) is 0 Å².